The number of rotatable bonds is 6. The average molecular weight is 254 g/mol. The van der Waals surface area contributed by atoms with E-state index in [-0.39, 0.29) is 0 Å². The standard InChI is InChI=1S/C14H20ClNO/c15-14-6-2-1-5-13(14)11-9-12(10-11)16-7-3-4-8-17/h1-2,5-6,11-12,16-17H,3-4,7-10H2. The second-order valence-electron chi connectivity index (χ2n) is 4.77. The number of aliphatic hydroxyl groups is 1. The smallest absolute Gasteiger partial charge is 0.0440 e. The van der Waals surface area contributed by atoms with Crippen molar-refractivity contribution in [2.45, 2.75) is 37.6 Å². The summed E-state index contributed by atoms with van der Waals surface area (Å²) in [6, 6.07) is 8.78. The summed E-state index contributed by atoms with van der Waals surface area (Å²) < 4.78 is 0. The molecule has 1 aromatic rings. The molecule has 0 atom stereocenters. The van der Waals surface area contributed by atoms with E-state index in [0.29, 0.717) is 18.6 Å². The van der Waals surface area contributed by atoms with Gasteiger partial charge in [0.15, 0.2) is 0 Å². The second kappa shape index (κ2) is 6.39. The Hall–Kier alpha value is -0.570. The summed E-state index contributed by atoms with van der Waals surface area (Å²) in [5.74, 6) is 0.624. The molecule has 1 aromatic carbocycles. The van der Waals surface area contributed by atoms with Crippen molar-refractivity contribution in [1.82, 2.24) is 5.32 Å². The van der Waals surface area contributed by atoms with Gasteiger partial charge in [-0.25, -0.2) is 0 Å². The highest BCUT2D eigenvalue weighted by atomic mass is 35.5. The number of hydrogen-bond acceptors (Lipinski definition) is 2. The van der Waals surface area contributed by atoms with Gasteiger partial charge in [0.1, 0.15) is 0 Å². The summed E-state index contributed by atoms with van der Waals surface area (Å²) in [5.41, 5.74) is 1.29. The van der Waals surface area contributed by atoms with Gasteiger partial charge in [-0.15, -0.1) is 0 Å². The summed E-state index contributed by atoms with van der Waals surface area (Å²) in [6.07, 6.45) is 4.32. The molecule has 1 saturated carbocycles. The van der Waals surface area contributed by atoms with E-state index in [1.807, 2.05) is 12.1 Å². The van der Waals surface area contributed by atoms with E-state index < -0.39 is 0 Å². The van der Waals surface area contributed by atoms with E-state index in [4.69, 9.17) is 16.7 Å². The zero-order valence-electron chi connectivity index (χ0n) is 10.0. The first-order chi connectivity index (χ1) is 8.31. The van der Waals surface area contributed by atoms with E-state index in [9.17, 15) is 0 Å². The lowest BCUT2D eigenvalue weighted by Gasteiger charge is -2.36. The maximum atomic E-state index is 8.68. The largest absolute Gasteiger partial charge is 0.396 e. The van der Waals surface area contributed by atoms with Crippen LogP contribution < -0.4 is 5.32 Å². The van der Waals surface area contributed by atoms with Crippen LogP contribution in [0.3, 0.4) is 0 Å². The molecule has 0 amide bonds. The summed E-state index contributed by atoms with van der Waals surface area (Å²) in [7, 11) is 0. The van der Waals surface area contributed by atoms with Crippen LogP contribution in [-0.2, 0) is 0 Å². The molecule has 1 aliphatic carbocycles. The highest BCUT2D eigenvalue weighted by Crippen LogP contribution is 2.39. The first-order valence-corrected chi connectivity index (χ1v) is 6.77. The molecule has 17 heavy (non-hydrogen) atoms. The van der Waals surface area contributed by atoms with Crippen LogP contribution in [0.25, 0.3) is 0 Å². The van der Waals surface area contributed by atoms with Gasteiger partial charge in [-0.1, -0.05) is 29.8 Å². The van der Waals surface area contributed by atoms with Gasteiger partial charge in [0.25, 0.3) is 0 Å². The molecule has 0 saturated heterocycles. The van der Waals surface area contributed by atoms with Crippen LogP contribution in [0.5, 0.6) is 0 Å². The molecule has 0 aromatic heterocycles. The first-order valence-electron chi connectivity index (χ1n) is 6.40. The summed E-state index contributed by atoms with van der Waals surface area (Å²) >= 11 is 6.18. The Morgan fingerprint density at radius 1 is 1.24 bits per heavy atom. The van der Waals surface area contributed by atoms with Crippen molar-refractivity contribution < 1.29 is 5.11 Å². The Balaban J connectivity index is 1.70. The van der Waals surface area contributed by atoms with Gasteiger partial charge < -0.3 is 10.4 Å². The normalized spacial score (nSPS) is 23.4. The number of hydrogen-bond donors (Lipinski definition) is 2. The topological polar surface area (TPSA) is 32.3 Å². The fourth-order valence-electron chi connectivity index (χ4n) is 2.39. The first kappa shape index (κ1) is 12.9. The van der Waals surface area contributed by atoms with Crippen molar-refractivity contribution in [2.24, 2.45) is 0 Å². The quantitative estimate of drug-likeness (QED) is 0.764. The minimum absolute atomic E-state index is 0.300. The third-order valence-corrected chi connectivity index (χ3v) is 3.85. The Bertz CT molecular complexity index is 350. The van der Waals surface area contributed by atoms with E-state index in [2.05, 4.69) is 17.4 Å². The number of benzene rings is 1. The lowest BCUT2D eigenvalue weighted by Crippen LogP contribution is -2.40. The molecule has 2 rings (SSSR count). The van der Waals surface area contributed by atoms with E-state index >= 15 is 0 Å². The molecule has 0 aliphatic heterocycles. The molecule has 3 heteroatoms. The highest BCUT2D eigenvalue weighted by molar-refractivity contribution is 6.31. The van der Waals surface area contributed by atoms with Gasteiger partial charge in [0.05, 0.1) is 0 Å². The van der Waals surface area contributed by atoms with Crippen LogP contribution in [0, 0.1) is 0 Å². The van der Waals surface area contributed by atoms with Crippen molar-refractivity contribution in [1.29, 1.82) is 0 Å². The average Bonchev–Trinajstić information content (AvgIpc) is 2.28. The summed E-state index contributed by atoms with van der Waals surface area (Å²) in [4.78, 5) is 0. The van der Waals surface area contributed by atoms with Crippen molar-refractivity contribution in [2.75, 3.05) is 13.2 Å². The Morgan fingerprint density at radius 3 is 2.71 bits per heavy atom. The van der Waals surface area contributed by atoms with Crippen LogP contribution in [0.1, 0.15) is 37.2 Å². The highest BCUT2D eigenvalue weighted by Gasteiger charge is 2.30. The van der Waals surface area contributed by atoms with Gasteiger partial charge in [0.2, 0.25) is 0 Å². The predicted molar refractivity (Wildman–Crippen MR) is 71.5 cm³/mol. The molecule has 1 fully saturated rings. The van der Waals surface area contributed by atoms with Crippen LogP contribution in [0.15, 0.2) is 24.3 Å². The summed E-state index contributed by atoms with van der Waals surface area (Å²) in [5, 5.41) is 13.1. The fraction of sp³-hybridized carbons (Fsp3) is 0.571. The van der Waals surface area contributed by atoms with Gasteiger partial charge in [-0.3, -0.25) is 0 Å². The monoisotopic (exact) mass is 253 g/mol. The molecule has 0 heterocycles. The number of halogens is 1. The molecular weight excluding hydrogens is 234 g/mol. The number of unbranched alkanes of at least 4 members (excludes halogenated alkanes) is 1. The maximum absolute atomic E-state index is 8.68. The van der Waals surface area contributed by atoms with Crippen molar-refractivity contribution in [3.8, 4) is 0 Å². The molecule has 2 N–H and O–H groups in total. The second-order valence-corrected chi connectivity index (χ2v) is 5.18. The van der Waals surface area contributed by atoms with Crippen LogP contribution >= 0.6 is 11.6 Å². The molecule has 1 aliphatic rings. The minimum Gasteiger partial charge on any atom is -0.396 e. The minimum atomic E-state index is 0.300. The molecule has 0 radical (unpaired) electrons. The Labute approximate surface area is 108 Å². The van der Waals surface area contributed by atoms with E-state index in [1.165, 1.54) is 18.4 Å². The summed E-state index contributed by atoms with van der Waals surface area (Å²) in [6.45, 7) is 1.31. The van der Waals surface area contributed by atoms with Gasteiger partial charge in [0, 0.05) is 17.7 Å². The number of nitrogens with one attached hydrogen (secondary N) is 1. The lowest BCUT2D eigenvalue weighted by molar-refractivity contribution is 0.267. The fourth-order valence-corrected chi connectivity index (χ4v) is 2.68. The third kappa shape index (κ3) is 3.44. The molecule has 0 bridgehead atoms. The molecule has 94 valence electrons. The molecule has 0 unspecified atom stereocenters. The zero-order valence-corrected chi connectivity index (χ0v) is 10.8. The van der Waals surface area contributed by atoms with Crippen LogP contribution in [0.4, 0.5) is 0 Å². The molecular formula is C14H20ClNO. The Morgan fingerprint density at radius 2 is 2.00 bits per heavy atom. The lowest BCUT2D eigenvalue weighted by atomic mass is 9.76. The SMILES string of the molecule is OCCCCNC1CC(c2ccccc2Cl)C1. The maximum Gasteiger partial charge on any atom is 0.0440 e. The number of aliphatic hydroxyl groups excluding tert-OH is 1. The van der Waals surface area contributed by atoms with Crippen molar-refractivity contribution in [3.63, 3.8) is 0 Å². The predicted octanol–water partition coefficient (Wildman–Crippen LogP) is 2.95. The third-order valence-electron chi connectivity index (χ3n) is 3.50. The van der Waals surface area contributed by atoms with E-state index in [0.717, 1.165) is 24.4 Å². The van der Waals surface area contributed by atoms with Crippen molar-refractivity contribution >= 4 is 11.6 Å². The molecule has 0 spiro atoms. The van der Waals surface area contributed by atoms with Crippen LogP contribution in [-0.4, -0.2) is 24.3 Å². The zero-order chi connectivity index (χ0) is 12.1. The Kier molecular flexibility index (Phi) is 4.84. The molecule has 2 nitrogen and oxygen atoms in total. The van der Waals surface area contributed by atoms with Gasteiger partial charge in [-0.2, -0.15) is 0 Å². The van der Waals surface area contributed by atoms with Gasteiger partial charge >= 0.3 is 0 Å². The van der Waals surface area contributed by atoms with E-state index in [1.54, 1.807) is 0 Å². The van der Waals surface area contributed by atoms with Crippen LogP contribution in [0.2, 0.25) is 5.02 Å². The van der Waals surface area contributed by atoms with Gasteiger partial charge in [-0.05, 0) is 49.8 Å². The van der Waals surface area contributed by atoms with Crippen molar-refractivity contribution in [3.05, 3.63) is 34.9 Å².